The number of carbonyl (C=O) groups excluding carboxylic acids is 1. The van der Waals surface area contributed by atoms with Crippen molar-refractivity contribution in [1.82, 2.24) is 19.4 Å². The molecule has 0 bridgehead atoms. The predicted octanol–water partition coefficient (Wildman–Crippen LogP) is 5.45. The van der Waals surface area contributed by atoms with Gasteiger partial charge in [0.1, 0.15) is 17.2 Å². The van der Waals surface area contributed by atoms with Crippen molar-refractivity contribution in [2.45, 2.75) is 38.1 Å². The molecule has 4 rings (SSSR count). The molecule has 12 heteroatoms. The number of primary amides is 1. The lowest BCUT2D eigenvalue weighted by Gasteiger charge is -2.23. The zero-order valence-corrected chi connectivity index (χ0v) is 19.0. The van der Waals surface area contributed by atoms with Crippen LogP contribution in [-0.4, -0.2) is 31.3 Å². The lowest BCUT2D eigenvalue weighted by atomic mass is 9.95. The number of amides is 1. The molecule has 1 aliphatic carbocycles. The third-order valence-corrected chi connectivity index (χ3v) is 4.65. The molecule has 8 nitrogen and oxygen atoms in total. The standard InChI is InChI=1S/C18H20N6O.Cl3OP/c19-18(25)12-6-7-24-15(10-21-17(24)8-12)14-9-20-11-16(23-14)22-13-4-2-1-3-5-13;1-5(2,3)4/h6-11,13H,1-5H2,(H2,19,25)(H,22,23);. The number of pyridine rings is 1. The minimum Gasteiger partial charge on any atom is -0.366 e. The summed E-state index contributed by atoms with van der Waals surface area (Å²) >= 11 is 13.8. The first-order valence-corrected chi connectivity index (χ1v) is 13.7. The zero-order chi connectivity index (χ0) is 21.7. The van der Waals surface area contributed by atoms with Crippen LogP contribution in [0.2, 0.25) is 0 Å². The monoisotopic (exact) mass is 488 g/mol. The third-order valence-electron chi connectivity index (χ3n) is 4.65. The molecule has 0 radical (unpaired) electrons. The quantitative estimate of drug-likeness (QED) is 0.471. The number of nitrogens with two attached hydrogens (primary N) is 1. The molecule has 3 heterocycles. The lowest BCUT2D eigenvalue weighted by Crippen LogP contribution is -2.22. The van der Waals surface area contributed by atoms with Gasteiger partial charge in [0, 0.05) is 17.8 Å². The normalized spacial score (nSPS) is 14.8. The van der Waals surface area contributed by atoms with Crippen LogP contribution in [0.25, 0.3) is 17.0 Å². The number of fused-ring (bicyclic) bond motifs is 1. The maximum atomic E-state index is 11.3. The van der Waals surface area contributed by atoms with E-state index in [1.54, 1.807) is 36.9 Å². The third kappa shape index (κ3) is 6.57. The summed E-state index contributed by atoms with van der Waals surface area (Å²) in [5.74, 6) is 0.318. The van der Waals surface area contributed by atoms with Crippen LogP contribution in [0.3, 0.4) is 0 Å². The van der Waals surface area contributed by atoms with Crippen LogP contribution in [0.5, 0.6) is 0 Å². The molecule has 0 saturated heterocycles. The van der Waals surface area contributed by atoms with Crippen molar-refractivity contribution in [3.63, 3.8) is 0 Å². The molecule has 30 heavy (non-hydrogen) atoms. The molecule has 1 saturated carbocycles. The predicted molar refractivity (Wildman–Crippen MR) is 120 cm³/mol. The maximum absolute atomic E-state index is 11.3. The van der Waals surface area contributed by atoms with Crippen LogP contribution >= 0.6 is 38.9 Å². The number of nitrogens with zero attached hydrogens (tertiary/aromatic N) is 4. The van der Waals surface area contributed by atoms with Gasteiger partial charge in [-0.2, -0.15) is 0 Å². The summed E-state index contributed by atoms with van der Waals surface area (Å²) in [6.45, 7) is 0. The second-order valence-corrected chi connectivity index (χ2v) is 13.5. The highest BCUT2D eigenvalue weighted by Crippen LogP contribution is 2.61. The van der Waals surface area contributed by atoms with Crippen LogP contribution < -0.4 is 11.1 Å². The second kappa shape index (κ2) is 9.96. The van der Waals surface area contributed by atoms with Gasteiger partial charge in [0.2, 0.25) is 5.91 Å². The molecule has 0 aromatic carbocycles. The fraction of sp³-hybridized carbons (Fsp3) is 0.333. The summed E-state index contributed by atoms with van der Waals surface area (Å²) in [6, 6.07) is 3.82. The minimum absolute atomic E-state index is 0.434. The van der Waals surface area contributed by atoms with E-state index in [0.29, 0.717) is 17.3 Å². The highest BCUT2D eigenvalue weighted by molar-refractivity contribution is 8.24. The summed E-state index contributed by atoms with van der Waals surface area (Å²) in [5.41, 5.74) is 7.97. The van der Waals surface area contributed by atoms with Gasteiger partial charge in [-0.1, -0.05) is 19.3 Å². The van der Waals surface area contributed by atoms with E-state index in [1.165, 1.54) is 32.1 Å². The highest BCUT2D eigenvalue weighted by atomic mass is 36.0. The topological polar surface area (TPSA) is 115 Å². The second-order valence-electron chi connectivity index (χ2n) is 6.82. The first-order valence-electron chi connectivity index (χ1n) is 9.25. The van der Waals surface area contributed by atoms with E-state index in [0.717, 1.165) is 17.2 Å². The van der Waals surface area contributed by atoms with E-state index in [9.17, 15) is 9.36 Å². The number of anilines is 1. The van der Waals surface area contributed by atoms with Crippen LogP contribution in [0.4, 0.5) is 5.82 Å². The molecule has 1 fully saturated rings. The molecule has 3 N–H and O–H groups in total. The van der Waals surface area contributed by atoms with Gasteiger partial charge in [-0.05, 0) is 58.7 Å². The van der Waals surface area contributed by atoms with Gasteiger partial charge in [-0.25, -0.2) is 9.97 Å². The van der Waals surface area contributed by atoms with Crippen molar-refractivity contribution in [1.29, 1.82) is 0 Å². The number of hydrogen-bond donors (Lipinski definition) is 2. The van der Waals surface area contributed by atoms with E-state index in [1.807, 2.05) is 4.40 Å². The van der Waals surface area contributed by atoms with Gasteiger partial charge in [0.05, 0.1) is 24.3 Å². The van der Waals surface area contributed by atoms with Gasteiger partial charge >= 0.3 is 5.20 Å². The first kappa shape index (κ1) is 22.8. The van der Waals surface area contributed by atoms with E-state index in [2.05, 4.69) is 49.0 Å². The Morgan fingerprint density at radius 1 is 1.17 bits per heavy atom. The maximum Gasteiger partial charge on any atom is 0.339 e. The molecular weight excluding hydrogens is 470 g/mol. The average molecular weight is 490 g/mol. The number of nitrogens with one attached hydrogen (secondary N) is 1. The molecular formula is C18H20Cl3N6O2P. The van der Waals surface area contributed by atoms with Crippen molar-refractivity contribution >= 4 is 56.3 Å². The molecule has 0 atom stereocenters. The fourth-order valence-electron chi connectivity index (χ4n) is 3.34. The lowest BCUT2D eigenvalue weighted by molar-refractivity contribution is 0.1000. The van der Waals surface area contributed by atoms with Gasteiger partial charge in [-0.3, -0.25) is 18.7 Å². The Morgan fingerprint density at radius 3 is 2.53 bits per heavy atom. The van der Waals surface area contributed by atoms with E-state index in [4.69, 9.17) is 10.7 Å². The summed E-state index contributed by atoms with van der Waals surface area (Å²) in [7, 11) is 0. The Labute approximate surface area is 187 Å². The van der Waals surface area contributed by atoms with E-state index < -0.39 is 11.1 Å². The number of carbonyl (C=O) groups is 1. The van der Waals surface area contributed by atoms with Crippen molar-refractivity contribution in [2.75, 3.05) is 5.32 Å². The summed E-state index contributed by atoms with van der Waals surface area (Å²) in [4.78, 5) is 24.7. The van der Waals surface area contributed by atoms with E-state index >= 15 is 0 Å². The Kier molecular flexibility index (Phi) is 7.58. The summed E-state index contributed by atoms with van der Waals surface area (Å²) < 4.78 is 11.4. The van der Waals surface area contributed by atoms with Crippen molar-refractivity contribution in [3.05, 3.63) is 42.5 Å². The Balaban J connectivity index is 0.000000461. The van der Waals surface area contributed by atoms with Crippen molar-refractivity contribution in [2.24, 2.45) is 5.73 Å². The molecule has 0 spiro atoms. The molecule has 160 valence electrons. The largest absolute Gasteiger partial charge is 0.366 e. The Morgan fingerprint density at radius 2 is 1.87 bits per heavy atom. The number of hydrogen-bond acceptors (Lipinski definition) is 6. The van der Waals surface area contributed by atoms with Gasteiger partial charge in [0.15, 0.2) is 0 Å². The fourth-order valence-corrected chi connectivity index (χ4v) is 3.34. The van der Waals surface area contributed by atoms with Gasteiger partial charge in [-0.15, -0.1) is 0 Å². The molecule has 3 aromatic rings. The summed E-state index contributed by atoms with van der Waals surface area (Å²) in [6.07, 6.45) is 13.2. The van der Waals surface area contributed by atoms with Crippen molar-refractivity contribution < 1.29 is 9.36 Å². The zero-order valence-electron chi connectivity index (χ0n) is 15.8. The molecule has 0 aliphatic heterocycles. The molecule has 1 aliphatic rings. The van der Waals surface area contributed by atoms with Gasteiger partial charge in [0.25, 0.3) is 0 Å². The van der Waals surface area contributed by atoms with Crippen molar-refractivity contribution in [3.8, 4) is 11.4 Å². The van der Waals surface area contributed by atoms with Crippen LogP contribution in [0.1, 0.15) is 42.5 Å². The molecule has 3 aromatic heterocycles. The van der Waals surface area contributed by atoms with Crippen LogP contribution in [0.15, 0.2) is 36.9 Å². The number of imidazole rings is 1. The number of rotatable bonds is 4. The number of aromatic nitrogens is 4. The first-order chi connectivity index (χ1) is 14.2. The molecule has 1 amide bonds. The summed E-state index contributed by atoms with van der Waals surface area (Å²) in [5, 5.41) is 0.269. The molecule has 0 unspecified atom stereocenters. The smallest absolute Gasteiger partial charge is 0.339 e. The van der Waals surface area contributed by atoms with E-state index in [-0.39, 0.29) is 0 Å². The van der Waals surface area contributed by atoms with Crippen LogP contribution in [-0.2, 0) is 4.57 Å². The Bertz CT molecular complexity index is 1070. The SMILES string of the molecule is NC(=O)c1ccn2c(-c3cncc(NC4CCCCC4)n3)cnc2c1.O=P(Cl)(Cl)Cl. The minimum atomic E-state index is -3.22. The average Bonchev–Trinajstić information content (AvgIpc) is 3.11. The highest BCUT2D eigenvalue weighted by Gasteiger charge is 2.15. The Hall–Kier alpha value is -1.86. The van der Waals surface area contributed by atoms with Crippen LogP contribution in [0, 0.1) is 0 Å². The van der Waals surface area contributed by atoms with Gasteiger partial charge < -0.3 is 11.1 Å². The number of halogens is 3.